The van der Waals surface area contributed by atoms with Crippen LogP contribution in [0.2, 0.25) is 0 Å². The number of carbonyl (C=O) groups excluding carboxylic acids is 2. The Bertz CT molecular complexity index is 597. The van der Waals surface area contributed by atoms with E-state index in [0.29, 0.717) is 24.6 Å². The number of benzene rings is 1. The first-order chi connectivity index (χ1) is 11.2. The Labute approximate surface area is 138 Å². The van der Waals surface area contributed by atoms with E-state index in [1.165, 1.54) is 12.1 Å². The third kappa shape index (κ3) is 4.97. The highest BCUT2D eigenvalue weighted by molar-refractivity contribution is 5.99. The molecule has 0 aliphatic heterocycles. The lowest BCUT2D eigenvalue weighted by Gasteiger charge is -2.09. The predicted molar refractivity (Wildman–Crippen MR) is 84.1 cm³/mol. The first kappa shape index (κ1) is 18.3. The maximum Gasteiger partial charge on any atom is 0.416 e. The lowest BCUT2D eigenvalue weighted by molar-refractivity contribution is -0.137. The van der Waals surface area contributed by atoms with Crippen molar-refractivity contribution in [3.05, 3.63) is 29.8 Å². The molecule has 2 amide bonds. The van der Waals surface area contributed by atoms with Gasteiger partial charge in [0.05, 0.1) is 17.4 Å². The van der Waals surface area contributed by atoms with Crippen molar-refractivity contribution < 1.29 is 22.8 Å². The Kier molecular flexibility index (Phi) is 5.51. The summed E-state index contributed by atoms with van der Waals surface area (Å²) in [5, 5.41) is 5.36. The van der Waals surface area contributed by atoms with E-state index < -0.39 is 17.7 Å². The fourth-order valence-electron chi connectivity index (χ4n) is 2.37. The summed E-state index contributed by atoms with van der Waals surface area (Å²) in [4.78, 5) is 23.9. The molecular weight excluding hydrogens is 321 g/mol. The Morgan fingerprint density at radius 3 is 2.25 bits per heavy atom. The summed E-state index contributed by atoms with van der Waals surface area (Å²) in [6.07, 6.45) is -3.06. The Balaban J connectivity index is 1.81. The van der Waals surface area contributed by atoms with E-state index in [2.05, 4.69) is 24.5 Å². The molecule has 2 atom stereocenters. The molecule has 1 aliphatic rings. The molecule has 0 spiro atoms. The van der Waals surface area contributed by atoms with Crippen LogP contribution < -0.4 is 10.6 Å². The second kappa shape index (κ2) is 7.23. The molecule has 0 heterocycles. The van der Waals surface area contributed by atoms with Crippen LogP contribution >= 0.6 is 0 Å². The van der Waals surface area contributed by atoms with Crippen molar-refractivity contribution in [3.8, 4) is 0 Å². The zero-order valence-electron chi connectivity index (χ0n) is 13.6. The first-order valence-electron chi connectivity index (χ1n) is 7.94. The third-order valence-corrected chi connectivity index (χ3v) is 3.96. The summed E-state index contributed by atoms with van der Waals surface area (Å²) in [6, 6.07) is 4.25. The molecule has 1 aromatic carbocycles. The van der Waals surface area contributed by atoms with Crippen molar-refractivity contribution >= 4 is 17.5 Å². The van der Waals surface area contributed by atoms with E-state index in [1.807, 2.05) is 0 Å². The minimum absolute atomic E-state index is 0.136. The predicted octanol–water partition coefficient (Wildman–Crippen LogP) is 3.44. The van der Waals surface area contributed by atoms with Crippen molar-refractivity contribution in [2.75, 3.05) is 11.9 Å². The summed E-state index contributed by atoms with van der Waals surface area (Å²) in [5.74, 6) is -0.733. The topological polar surface area (TPSA) is 58.2 Å². The van der Waals surface area contributed by atoms with Crippen LogP contribution in [0.3, 0.4) is 0 Å². The molecule has 0 radical (unpaired) electrons. The highest BCUT2D eigenvalue weighted by atomic mass is 19.4. The first-order valence-corrected chi connectivity index (χ1v) is 7.94. The molecule has 24 heavy (non-hydrogen) atoms. The number of anilines is 1. The molecule has 1 fully saturated rings. The monoisotopic (exact) mass is 342 g/mol. The van der Waals surface area contributed by atoms with Gasteiger partial charge in [0, 0.05) is 12.2 Å². The maximum atomic E-state index is 12.5. The molecular formula is C17H21F3N2O2. The number of alkyl halides is 3. The quantitative estimate of drug-likeness (QED) is 0.832. The molecule has 1 saturated carbocycles. The second-order valence-electron chi connectivity index (χ2n) is 6.49. The molecule has 1 aliphatic carbocycles. The third-order valence-electron chi connectivity index (χ3n) is 3.96. The van der Waals surface area contributed by atoms with Crippen LogP contribution in [-0.4, -0.2) is 18.4 Å². The number of hydrogen-bond acceptors (Lipinski definition) is 2. The van der Waals surface area contributed by atoms with Crippen molar-refractivity contribution in [2.24, 2.45) is 17.8 Å². The SMILES string of the molecule is CC(C)CCNC(=O)C1CC1C(=O)Nc1ccc(C(F)(F)F)cc1. The van der Waals surface area contributed by atoms with Crippen molar-refractivity contribution in [1.82, 2.24) is 5.32 Å². The van der Waals surface area contributed by atoms with Gasteiger partial charge in [-0.05, 0) is 43.0 Å². The average molecular weight is 342 g/mol. The summed E-state index contributed by atoms with van der Waals surface area (Å²) in [5.41, 5.74) is -0.479. The average Bonchev–Trinajstić information content (AvgIpc) is 3.27. The minimum atomic E-state index is -4.40. The van der Waals surface area contributed by atoms with Crippen molar-refractivity contribution in [1.29, 1.82) is 0 Å². The van der Waals surface area contributed by atoms with Gasteiger partial charge in [-0.15, -0.1) is 0 Å². The highest BCUT2D eigenvalue weighted by Crippen LogP contribution is 2.39. The van der Waals surface area contributed by atoms with Gasteiger partial charge in [0.15, 0.2) is 0 Å². The summed E-state index contributed by atoms with van der Waals surface area (Å²) < 4.78 is 37.4. The van der Waals surface area contributed by atoms with Gasteiger partial charge in [-0.2, -0.15) is 13.2 Å². The van der Waals surface area contributed by atoms with Gasteiger partial charge >= 0.3 is 6.18 Å². The number of carbonyl (C=O) groups is 2. The Morgan fingerprint density at radius 2 is 1.71 bits per heavy atom. The van der Waals surface area contributed by atoms with Crippen LogP contribution in [0.4, 0.5) is 18.9 Å². The minimum Gasteiger partial charge on any atom is -0.356 e. The normalized spacial score (nSPS) is 19.9. The molecule has 1 aromatic rings. The highest BCUT2D eigenvalue weighted by Gasteiger charge is 2.47. The van der Waals surface area contributed by atoms with Gasteiger partial charge in [0.1, 0.15) is 0 Å². The smallest absolute Gasteiger partial charge is 0.356 e. The summed E-state index contributed by atoms with van der Waals surface area (Å²) >= 11 is 0. The molecule has 4 nitrogen and oxygen atoms in total. The molecule has 0 bridgehead atoms. The maximum absolute atomic E-state index is 12.5. The van der Waals surface area contributed by atoms with E-state index in [0.717, 1.165) is 18.6 Å². The number of amides is 2. The van der Waals surface area contributed by atoms with Gasteiger partial charge < -0.3 is 10.6 Å². The molecule has 7 heteroatoms. The number of nitrogens with one attached hydrogen (secondary N) is 2. The lowest BCUT2D eigenvalue weighted by Crippen LogP contribution is -2.28. The van der Waals surface area contributed by atoms with Gasteiger partial charge in [0.25, 0.3) is 0 Å². The van der Waals surface area contributed by atoms with Gasteiger partial charge in [-0.1, -0.05) is 13.8 Å². The summed E-state index contributed by atoms with van der Waals surface area (Å²) in [7, 11) is 0. The van der Waals surface area contributed by atoms with Crippen LogP contribution in [0.25, 0.3) is 0 Å². The number of halogens is 3. The van der Waals surface area contributed by atoms with Crippen LogP contribution in [0.15, 0.2) is 24.3 Å². The zero-order valence-corrected chi connectivity index (χ0v) is 13.6. The lowest BCUT2D eigenvalue weighted by atomic mass is 10.1. The van der Waals surface area contributed by atoms with E-state index in [4.69, 9.17) is 0 Å². The van der Waals surface area contributed by atoms with Crippen LogP contribution in [0.1, 0.15) is 32.3 Å². The second-order valence-corrected chi connectivity index (χ2v) is 6.49. The van der Waals surface area contributed by atoms with E-state index in [-0.39, 0.29) is 17.7 Å². The Hall–Kier alpha value is -2.05. The number of hydrogen-bond donors (Lipinski definition) is 2. The Morgan fingerprint density at radius 1 is 1.12 bits per heavy atom. The van der Waals surface area contributed by atoms with Crippen LogP contribution in [0, 0.1) is 17.8 Å². The molecule has 0 aromatic heterocycles. The zero-order chi connectivity index (χ0) is 17.9. The van der Waals surface area contributed by atoms with Gasteiger partial charge in [-0.25, -0.2) is 0 Å². The fourth-order valence-corrected chi connectivity index (χ4v) is 2.37. The van der Waals surface area contributed by atoms with Crippen LogP contribution in [0.5, 0.6) is 0 Å². The molecule has 0 saturated heterocycles. The van der Waals surface area contributed by atoms with Crippen molar-refractivity contribution in [3.63, 3.8) is 0 Å². The fraction of sp³-hybridized carbons (Fsp3) is 0.529. The molecule has 2 rings (SSSR count). The van der Waals surface area contributed by atoms with Gasteiger partial charge in [-0.3, -0.25) is 9.59 Å². The van der Waals surface area contributed by atoms with Gasteiger partial charge in [0.2, 0.25) is 11.8 Å². The summed E-state index contributed by atoms with van der Waals surface area (Å²) in [6.45, 7) is 4.70. The van der Waals surface area contributed by atoms with E-state index in [1.54, 1.807) is 0 Å². The largest absolute Gasteiger partial charge is 0.416 e. The van der Waals surface area contributed by atoms with E-state index in [9.17, 15) is 22.8 Å². The van der Waals surface area contributed by atoms with Crippen molar-refractivity contribution in [2.45, 2.75) is 32.9 Å². The standard InChI is InChI=1S/C17H21F3N2O2/c1-10(2)7-8-21-15(23)13-9-14(13)16(24)22-12-5-3-11(4-6-12)17(18,19)20/h3-6,10,13-14H,7-9H2,1-2H3,(H,21,23)(H,22,24). The molecule has 132 valence electrons. The molecule has 2 unspecified atom stereocenters. The van der Waals surface area contributed by atoms with Crippen LogP contribution in [-0.2, 0) is 15.8 Å². The van der Waals surface area contributed by atoms with E-state index >= 15 is 0 Å². The number of rotatable bonds is 6. The molecule has 2 N–H and O–H groups in total.